The number of nitrogen functional groups attached to an aromatic ring is 1. The van der Waals surface area contributed by atoms with Crippen molar-refractivity contribution in [3.63, 3.8) is 0 Å². The van der Waals surface area contributed by atoms with E-state index in [1.54, 1.807) is 0 Å². The van der Waals surface area contributed by atoms with E-state index in [0.717, 1.165) is 25.7 Å². The molecule has 0 bridgehead atoms. The van der Waals surface area contributed by atoms with Crippen molar-refractivity contribution in [2.75, 3.05) is 5.73 Å². The number of nitrogens with zero attached hydrogens (tertiary/aromatic N) is 1. The summed E-state index contributed by atoms with van der Waals surface area (Å²) < 4.78 is 0. The molecule has 1 aromatic carbocycles. The summed E-state index contributed by atoms with van der Waals surface area (Å²) in [6, 6.07) is 4.07. The number of amides is 1. The Balaban J connectivity index is 2.17. The molecule has 0 aromatic heterocycles. The van der Waals surface area contributed by atoms with Crippen molar-refractivity contribution < 1.29 is 9.72 Å². The Morgan fingerprint density at radius 2 is 2.06 bits per heavy atom. The van der Waals surface area contributed by atoms with E-state index in [0.29, 0.717) is 0 Å². The molecule has 1 aliphatic carbocycles. The van der Waals surface area contributed by atoms with E-state index in [1.807, 2.05) is 0 Å². The van der Waals surface area contributed by atoms with Crippen LogP contribution in [0.15, 0.2) is 18.2 Å². The van der Waals surface area contributed by atoms with Crippen LogP contribution in [0.3, 0.4) is 0 Å². The average molecular weight is 249 g/mol. The maximum atomic E-state index is 12.0. The van der Waals surface area contributed by atoms with Gasteiger partial charge in [0.15, 0.2) is 0 Å². The van der Waals surface area contributed by atoms with Gasteiger partial charge in [0.25, 0.3) is 11.6 Å². The fourth-order valence-electron chi connectivity index (χ4n) is 2.19. The van der Waals surface area contributed by atoms with E-state index < -0.39 is 4.92 Å². The molecule has 6 heteroatoms. The summed E-state index contributed by atoms with van der Waals surface area (Å²) in [5.74, 6) is -0.330. The van der Waals surface area contributed by atoms with Crippen LogP contribution in [0.4, 0.5) is 11.4 Å². The molecule has 1 fully saturated rings. The van der Waals surface area contributed by atoms with Gasteiger partial charge in [-0.25, -0.2) is 0 Å². The Bertz CT molecular complexity index is 481. The molecular weight excluding hydrogens is 234 g/mol. The Morgan fingerprint density at radius 3 is 2.67 bits per heavy atom. The molecule has 0 aliphatic heterocycles. The first kappa shape index (κ1) is 12.3. The van der Waals surface area contributed by atoms with Crippen molar-refractivity contribution in [2.45, 2.75) is 31.7 Å². The summed E-state index contributed by atoms with van der Waals surface area (Å²) in [5, 5.41) is 13.5. The molecule has 18 heavy (non-hydrogen) atoms. The van der Waals surface area contributed by atoms with Crippen molar-refractivity contribution in [1.82, 2.24) is 5.32 Å². The number of nitrogens with two attached hydrogens (primary N) is 1. The molecule has 3 N–H and O–H groups in total. The van der Waals surface area contributed by atoms with E-state index in [4.69, 9.17) is 5.73 Å². The SMILES string of the molecule is Nc1ccc([N+](=O)[O-])cc1C(=O)NC1CCCC1. The fraction of sp³-hybridized carbons (Fsp3) is 0.417. The lowest BCUT2D eigenvalue weighted by Crippen LogP contribution is -2.33. The Hall–Kier alpha value is -2.11. The van der Waals surface area contributed by atoms with Crippen LogP contribution < -0.4 is 11.1 Å². The molecule has 0 radical (unpaired) electrons. The van der Waals surface area contributed by atoms with E-state index in [1.165, 1.54) is 18.2 Å². The second-order valence-corrected chi connectivity index (χ2v) is 4.48. The number of benzene rings is 1. The van der Waals surface area contributed by atoms with Gasteiger partial charge in [0, 0.05) is 23.9 Å². The van der Waals surface area contributed by atoms with Crippen molar-refractivity contribution in [2.24, 2.45) is 0 Å². The summed E-state index contributed by atoms with van der Waals surface area (Å²) in [7, 11) is 0. The number of nitro groups is 1. The largest absolute Gasteiger partial charge is 0.398 e. The Labute approximate surface area is 104 Å². The highest BCUT2D eigenvalue weighted by Gasteiger charge is 2.20. The first-order valence-electron chi connectivity index (χ1n) is 5.92. The van der Waals surface area contributed by atoms with E-state index >= 15 is 0 Å². The second kappa shape index (κ2) is 5.03. The summed E-state index contributed by atoms with van der Waals surface area (Å²) in [4.78, 5) is 22.1. The number of carbonyl (C=O) groups excluding carboxylic acids is 1. The van der Waals surface area contributed by atoms with Gasteiger partial charge < -0.3 is 11.1 Å². The quantitative estimate of drug-likeness (QED) is 0.485. The van der Waals surface area contributed by atoms with Crippen molar-refractivity contribution in [1.29, 1.82) is 0 Å². The number of nitro benzene ring substituents is 1. The van der Waals surface area contributed by atoms with Gasteiger partial charge in [0.2, 0.25) is 0 Å². The van der Waals surface area contributed by atoms with E-state index in [-0.39, 0.29) is 28.9 Å². The van der Waals surface area contributed by atoms with Gasteiger partial charge in [-0.3, -0.25) is 14.9 Å². The van der Waals surface area contributed by atoms with Crippen LogP contribution in [-0.2, 0) is 0 Å². The van der Waals surface area contributed by atoms with Crippen LogP contribution in [-0.4, -0.2) is 16.9 Å². The van der Waals surface area contributed by atoms with Crippen LogP contribution in [0, 0.1) is 10.1 Å². The normalized spacial score (nSPS) is 15.6. The number of hydrogen-bond acceptors (Lipinski definition) is 4. The van der Waals surface area contributed by atoms with Crippen molar-refractivity contribution in [3.8, 4) is 0 Å². The first-order valence-corrected chi connectivity index (χ1v) is 5.92. The molecule has 0 unspecified atom stereocenters. The molecule has 6 nitrogen and oxygen atoms in total. The number of nitrogens with one attached hydrogen (secondary N) is 1. The molecule has 1 aliphatic rings. The first-order chi connectivity index (χ1) is 8.58. The molecule has 0 heterocycles. The van der Waals surface area contributed by atoms with Crippen molar-refractivity contribution in [3.05, 3.63) is 33.9 Å². The van der Waals surface area contributed by atoms with Gasteiger partial charge in [-0.05, 0) is 18.9 Å². The number of anilines is 1. The highest BCUT2D eigenvalue weighted by Crippen LogP contribution is 2.22. The molecule has 2 rings (SSSR count). The smallest absolute Gasteiger partial charge is 0.270 e. The summed E-state index contributed by atoms with van der Waals surface area (Å²) in [6.07, 6.45) is 4.13. The van der Waals surface area contributed by atoms with Gasteiger partial charge in [-0.1, -0.05) is 12.8 Å². The summed E-state index contributed by atoms with van der Waals surface area (Å²) in [5.41, 5.74) is 5.99. The Morgan fingerprint density at radius 1 is 1.39 bits per heavy atom. The zero-order valence-electron chi connectivity index (χ0n) is 9.89. The predicted octanol–water partition coefficient (Wildman–Crippen LogP) is 1.85. The number of rotatable bonds is 3. The number of carbonyl (C=O) groups is 1. The lowest BCUT2D eigenvalue weighted by atomic mass is 10.1. The highest BCUT2D eigenvalue weighted by molar-refractivity contribution is 5.99. The average Bonchev–Trinajstić information content (AvgIpc) is 2.81. The van der Waals surface area contributed by atoms with Gasteiger partial charge in [-0.15, -0.1) is 0 Å². The minimum atomic E-state index is -0.536. The van der Waals surface area contributed by atoms with Gasteiger partial charge >= 0.3 is 0 Å². The topological polar surface area (TPSA) is 98.3 Å². The third-order valence-corrected chi connectivity index (χ3v) is 3.18. The molecule has 1 aromatic rings. The molecule has 1 amide bonds. The van der Waals surface area contributed by atoms with Gasteiger partial charge in [0.05, 0.1) is 10.5 Å². The lowest BCUT2D eigenvalue weighted by Gasteiger charge is -2.12. The van der Waals surface area contributed by atoms with Crippen LogP contribution in [0.25, 0.3) is 0 Å². The molecule has 96 valence electrons. The zero-order chi connectivity index (χ0) is 13.1. The molecule has 0 spiro atoms. The minimum Gasteiger partial charge on any atom is -0.398 e. The predicted molar refractivity (Wildman–Crippen MR) is 67.2 cm³/mol. The third-order valence-electron chi connectivity index (χ3n) is 3.18. The van der Waals surface area contributed by atoms with E-state index in [2.05, 4.69) is 5.32 Å². The lowest BCUT2D eigenvalue weighted by molar-refractivity contribution is -0.384. The standard InChI is InChI=1S/C12H15N3O3/c13-11-6-5-9(15(17)18)7-10(11)12(16)14-8-3-1-2-4-8/h5-8H,1-4,13H2,(H,14,16). The van der Waals surface area contributed by atoms with Gasteiger partial charge in [0.1, 0.15) is 0 Å². The Kier molecular flexibility index (Phi) is 3.45. The van der Waals surface area contributed by atoms with Crippen LogP contribution in [0.1, 0.15) is 36.0 Å². The second-order valence-electron chi connectivity index (χ2n) is 4.48. The third kappa shape index (κ3) is 2.58. The summed E-state index contributed by atoms with van der Waals surface area (Å²) in [6.45, 7) is 0. The molecule has 0 saturated heterocycles. The molecular formula is C12H15N3O3. The fourth-order valence-corrected chi connectivity index (χ4v) is 2.19. The number of non-ortho nitro benzene ring substituents is 1. The molecule has 0 atom stereocenters. The van der Waals surface area contributed by atoms with Crippen LogP contribution in [0.5, 0.6) is 0 Å². The molecule has 1 saturated carbocycles. The maximum absolute atomic E-state index is 12.0. The van der Waals surface area contributed by atoms with Crippen LogP contribution >= 0.6 is 0 Å². The van der Waals surface area contributed by atoms with Crippen LogP contribution in [0.2, 0.25) is 0 Å². The highest BCUT2D eigenvalue weighted by atomic mass is 16.6. The maximum Gasteiger partial charge on any atom is 0.270 e. The van der Waals surface area contributed by atoms with Crippen molar-refractivity contribution >= 4 is 17.3 Å². The minimum absolute atomic E-state index is 0.124. The number of hydrogen-bond donors (Lipinski definition) is 2. The summed E-state index contributed by atoms with van der Waals surface area (Å²) >= 11 is 0. The zero-order valence-corrected chi connectivity index (χ0v) is 9.89. The van der Waals surface area contributed by atoms with E-state index in [9.17, 15) is 14.9 Å². The monoisotopic (exact) mass is 249 g/mol. The van der Waals surface area contributed by atoms with Gasteiger partial charge in [-0.2, -0.15) is 0 Å².